The van der Waals surface area contributed by atoms with Crippen molar-refractivity contribution in [3.05, 3.63) is 18.8 Å². The maximum absolute atomic E-state index is 10.6. The summed E-state index contributed by atoms with van der Waals surface area (Å²) in [5, 5.41) is 8.72. The van der Waals surface area contributed by atoms with Crippen molar-refractivity contribution in [1.29, 1.82) is 0 Å². The highest BCUT2D eigenvalue weighted by Crippen LogP contribution is 1.92. The van der Waals surface area contributed by atoms with Crippen molar-refractivity contribution in [2.45, 2.75) is 13.3 Å². The molecule has 3 nitrogen and oxygen atoms in total. The van der Waals surface area contributed by atoms with Gasteiger partial charge < -0.3 is 9.84 Å². The number of aliphatic hydroxyl groups excluding tert-OH is 1. The summed E-state index contributed by atoms with van der Waals surface area (Å²) in [5.41, 5.74) is 0. The van der Waals surface area contributed by atoms with Gasteiger partial charge in [-0.05, 0) is 26.3 Å². The molecule has 0 spiro atoms. The largest absolute Gasteiger partial charge is 0.502 e. The quantitative estimate of drug-likeness (QED) is 0.367. The van der Waals surface area contributed by atoms with Gasteiger partial charge in [0.2, 0.25) is 0 Å². The van der Waals surface area contributed by atoms with Crippen LogP contribution >= 0.6 is 0 Å². The third kappa shape index (κ3) is 3.12. The van der Waals surface area contributed by atoms with Gasteiger partial charge in [0, 0.05) is 0 Å². The van der Waals surface area contributed by atoms with Crippen LogP contribution in [0.5, 0.6) is 0 Å². The predicted molar refractivity (Wildman–Crippen MR) is 37.3 cm³/mol. The van der Waals surface area contributed by atoms with Gasteiger partial charge >= 0.3 is 5.97 Å². The fourth-order valence-corrected chi connectivity index (χ4v) is 0.357. The molecule has 0 aliphatic rings. The Balaban J connectivity index is 3.63. The number of carbonyl (C=O) groups excluding carboxylic acids is 1. The van der Waals surface area contributed by atoms with E-state index in [2.05, 4.69) is 11.7 Å². The van der Waals surface area contributed by atoms with E-state index in [1.807, 2.05) is 0 Å². The van der Waals surface area contributed by atoms with Crippen LogP contribution in [0, 0.1) is 6.92 Å². The van der Waals surface area contributed by atoms with Gasteiger partial charge in [0.1, 0.15) is 0 Å². The number of hydrogen-bond donors (Lipinski definition) is 1. The van der Waals surface area contributed by atoms with Crippen LogP contribution in [-0.4, -0.2) is 17.7 Å². The van der Waals surface area contributed by atoms with Gasteiger partial charge in [-0.2, -0.15) is 0 Å². The average Bonchev–Trinajstić information content (AvgIpc) is 1.98. The monoisotopic (exact) mass is 143 g/mol. The third-order valence-electron chi connectivity index (χ3n) is 0.860. The van der Waals surface area contributed by atoms with Gasteiger partial charge in [-0.25, -0.2) is 4.79 Å². The van der Waals surface area contributed by atoms with Crippen LogP contribution < -0.4 is 0 Å². The first-order valence-electron chi connectivity index (χ1n) is 3.04. The van der Waals surface area contributed by atoms with Crippen LogP contribution in [0.1, 0.15) is 13.3 Å². The summed E-state index contributed by atoms with van der Waals surface area (Å²) in [6.07, 6.45) is 1.80. The minimum Gasteiger partial charge on any atom is -0.502 e. The molecule has 0 amide bonds. The van der Waals surface area contributed by atoms with Crippen molar-refractivity contribution < 1.29 is 14.6 Å². The Morgan fingerprint density at radius 3 is 2.80 bits per heavy atom. The predicted octanol–water partition coefficient (Wildman–Crippen LogP) is 1.22. The molecule has 0 rings (SSSR count). The van der Waals surface area contributed by atoms with E-state index in [9.17, 15) is 4.79 Å². The van der Waals surface area contributed by atoms with E-state index < -0.39 is 5.97 Å². The molecule has 0 aliphatic carbocycles. The summed E-state index contributed by atoms with van der Waals surface area (Å²) in [4.78, 5) is 10.6. The van der Waals surface area contributed by atoms with Gasteiger partial charge in [-0.15, -0.1) is 0 Å². The van der Waals surface area contributed by atoms with Crippen LogP contribution in [0.3, 0.4) is 0 Å². The molecule has 1 radical (unpaired) electrons. The Bertz CT molecular complexity index is 138. The summed E-state index contributed by atoms with van der Waals surface area (Å²) in [6, 6.07) is 0. The number of carbonyl (C=O) groups is 1. The molecule has 0 saturated carbocycles. The molecule has 0 aromatic heterocycles. The Kier molecular flexibility index (Phi) is 4.37. The van der Waals surface area contributed by atoms with Gasteiger partial charge in [0.15, 0.2) is 5.76 Å². The molecule has 0 saturated heterocycles. The Hall–Kier alpha value is -0.990. The molecular formula is C7H11O3. The number of ether oxygens (including phenoxy) is 1. The highest BCUT2D eigenvalue weighted by molar-refractivity contribution is 5.85. The van der Waals surface area contributed by atoms with Crippen molar-refractivity contribution in [3.63, 3.8) is 0 Å². The number of allylic oxidation sites excluding steroid dienone is 1. The number of rotatable bonds is 3. The fraction of sp³-hybridized carbons (Fsp3) is 0.429. The van der Waals surface area contributed by atoms with Crippen LogP contribution in [0.4, 0.5) is 0 Å². The minimum absolute atomic E-state index is 0.247. The zero-order valence-electron chi connectivity index (χ0n) is 5.96. The van der Waals surface area contributed by atoms with Crippen LogP contribution in [0.25, 0.3) is 0 Å². The first-order chi connectivity index (χ1) is 4.72. The second-order valence-electron chi connectivity index (χ2n) is 1.66. The smallest absolute Gasteiger partial charge is 0.373 e. The van der Waals surface area contributed by atoms with E-state index in [1.165, 1.54) is 6.08 Å². The molecule has 0 atom stereocenters. The van der Waals surface area contributed by atoms with E-state index in [0.29, 0.717) is 6.42 Å². The Labute approximate surface area is 60.3 Å². The molecule has 0 aliphatic heterocycles. The standard InChI is InChI=1S/C7H11O3/c1-3-5-10-7(9)6(8)4-2/h4,8H,1,3,5H2,2H3. The van der Waals surface area contributed by atoms with Gasteiger partial charge in [0.05, 0.1) is 6.61 Å². The van der Waals surface area contributed by atoms with Gasteiger partial charge in [-0.3, -0.25) is 0 Å². The van der Waals surface area contributed by atoms with E-state index in [0.717, 1.165) is 0 Å². The van der Waals surface area contributed by atoms with Crippen molar-refractivity contribution in [1.82, 2.24) is 0 Å². The lowest BCUT2D eigenvalue weighted by atomic mass is 10.4. The summed E-state index contributed by atoms with van der Waals surface area (Å²) < 4.78 is 4.52. The summed E-state index contributed by atoms with van der Waals surface area (Å²) >= 11 is 0. The molecule has 3 heteroatoms. The lowest BCUT2D eigenvalue weighted by molar-refractivity contribution is -0.141. The first kappa shape index (κ1) is 9.01. The zero-order valence-corrected chi connectivity index (χ0v) is 5.96. The second kappa shape index (κ2) is 4.85. The normalized spacial score (nSPS) is 11.2. The van der Waals surface area contributed by atoms with E-state index in [4.69, 9.17) is 5.11 Å². The maximum atomic E-state index is 10.6. The average molecular weight is 143 g/mol. The molecule has 0 bridgehead atoms. The van der Waals surface area contributed by atoms with Crippen LogP contribution in [0.15, 0.2) is 11.8 Å². The number of hydrogen-bond acceptors (Lipinski definition) is 3. The summed E-state index contributed by atoms with van der Waals surface area (Å²) in [5.74, 6) is -1.04. The minimum atomic E-state index is -0.689. The molecule has 10 heavy (non-hydrogen) atoms. The van der Waals surface area contributed by atoms with E-state index >= 15 is 0 Å². The Morgan fingerprint density at radius 2 is 2.40 bits per heavy atom. The molecule has 0 aromatic rings. The maximum Gasteiger partial charge on any atom is 0.373 e. The Morgan fingerprint density at radius 1 is 1.80 bits per heavy atom. The molecule has 0 unspecified atom stereocenters. The van der Waals surface area contributed by atoms with Crippen molar-refractivity contribution in [2.24, 2.45) is 0 Å². The number of aliphatic hydroxyl groups is 1. The summed E-state index contributed by atoms with van der Waals surface area (Å²) in [6.45, 7) is 5.27. The lowest BCUT2D eigenvalue weighted by Crippen LogP contribution is -2.07. The topological polar surface area (TPSA) is 46.5 Å². The SMILES string of the molecule is [CH2]CCOC(=O)C(O)=CC. The fourth-order valence-electron chi connectivity index (χ4n) is 0.357. The highest BCUT2D eigenvalue weighted by atomic mass is 16.5. The van der Waals surface area contributed by atoms with Crippen molar-refractivity contribution in [2.75, 3.05) is 6.61 Å². The summed E-state index contributed by atoms with van der Waals surface area (Å²) in [7, 11) is 0. The van der Waals surface area contributed by atoms with Gasteiger partial charge in [0.25, 0.3) is 0 Å². The second-order valence-corrected chi connectivity index (χ2v) is 1.66. The van der Waals surface area contributed by atoms with E-state index in [-0.39, 0.29) is 12.4 Å². The lowest BCUT2D eigenvalue weighted by Gasteiger charge is -1.99. The molecular weight excluding hydrogens is 132 g/mol. The van der Waals surface area contributed by atoms with E-state index in [1.54, 1.807) is 6.92 Å². The zero-order chi connectivity index (χ0) is 7.98. The molecule has 57 valence electrons. The number of esters is 1. The van der Waals surface area contributed by atoms with Crippen LogP contribution in [0.2, 0.25) is 0 Å². The molecule has 1 N–H and O–H groups in total. The molecule has 0 aromatic carbocycles. The van der Waals surface area contributed by atoms with Crippen molar-refractivity contribution >= 4 is 5.97 Å². The van der Waals surface area contributed by atoms with Crippen LogP contribution in [-0.2, 0) is 9.53 Å². The third-order valence-corrected chi connectivity index (χ3v) is 0.860. The highest BCUT2D eigenvalue weighted by Gasteiger charge is 2.05. The molecule has 0 heterocycles. The van der Waals surface area contributed by atoms with Gasteiger partial charge in [-0.1, -0.05) is 0 Å². The first-order valence-corrected chi connectivity index (χ1v) is 3.04. The van der Waals surface area contributed by atoms with Crippen molar-refractivity contribution in [3.8, 4) is 0 Å². The molecule has 0 fully saturated rings.